The Labute approximate surface area is 152 Å². The Bertz CT molecular complexity index is 928. The van der Waals surface area contributed by atoms with E-state index in [1.54, 1.807) is 6.07 Å². The third-order valence-corrected chi connectivity index (χ3v) is 4.62. The number of rotatable bonds is 2. The van der Waals surface area contributed by atoms with Gasteiger partial charge in [0.25, 0.3) is 0 Å². The fraction of sp³-hybridized carbons (Fsp3) is 0.0500. The molecule has 0 unspecified atom stereocenters. The Morgan fingerprint density at radius 3 is 2.16 bits per heavy atom. The molecule has 1 aliphatic heterocycles. The van der Waals surface area contributed by atoms with E-state index < -0.39 is 11.7 Å². The van der Waals surface area contributed by atoms with Crippen molar-refractivity contribution in [3.8, 4) is 11.5 Å². The average Bonchev–Trinajstić information content (AvgIpc) is 2.62. The zero-order valence-corrected chi connectivity index (χ0v) is 14.6. The number of benzene rings is 3. The Morgan fingerprint density at radius 1 is 0.960 bits per heavy atom. The van der Waals surface area contributed by atoms with Gasteiger partial charge in [-0.3, -0.25) is 4.79 Å². The van der Waals surface area contributed by atoms with Crippen LogP contribution < -0.4 is 10.1 Å². The average molecular weight is 398 g/mol. The largest absolute Gasteiger partial charge is 0.457 e. The molecule has 3 aromatic rings. The molecule has 0 bridgehead atoms. The molecule has 0 aliphatic carbocycles. The number of carbonyl (C=O) groups is 1. The molecule has 0 spiro atoms. The second-order valence-corrected chi connectivity index (χ2v) is 6.64. The summed E-state index contributed by atoms with van der Waals surface area (Å²) in [5, 5.41) is 2.70. The van der Waals surface area contributed by atoms with Gasteiger partial charge in [0, 0.05) is 15.6 Å². The molecule has 3 aromatic carbocycles. The topological polar surface area (TPSA) is 38.3 Å². The van der Waals surface area contributed by atoms with Gasteiger partial charge in [0.1, 0.15) is 17.3 Å². The molecule has 0 saturated carbocycles. The lowest BCUT2D eigenvalue weighted by Gasteiger charge is -2.27. The summed E-state index contributed by atoms with van der Waals surface area (Å²) in [6.45, 7) is 0. The summed E-state index contributed by atoms with van der Waals surface area (Å²) in [7, 11) is 0. The van der Waals surface area contributed by atoms with E-state index >= 15 is 0 Å². The molecule has 0 radical (unpaired) electrons. The van der Waals surface area contributed by atoms with Crippen LogP contribution in [-0.2, 0) is 4.79 Å². The minimum absolute atomic E-state index is 0.148. The third kappa shape index (κ3) is 2.91. The predicted octanol–water partition coefficient (Wildman–Crippen LogP) is 5.46. The van der Waals surface area contributed by atoms with Gasteiger partial charge < -0.3 is 10.1 Å². The monoisotopic (exact) mass is 397 g/mol. The second kappa shape index (κ2) is 6.33. The first-order valence-electron chi connectivity index (χ1n) is 7.75. The van der Waals surface area contributed by atoms with Crippen molar-refractivity contribution in [1.29, 1.82) is 0 Å². The van der Waals surface area contributed by atoms with Crippen LogP contribution in [0.4, 0.5) is 10.1 Å². The summed E-state index contributed by atoms with van der Waals surface area (Å²) in [5.74, 6) is -0.0831. The maximum absolute atomic E-state index is 14.1. The van der Waals surface area contributed by atoms with Crippen molar-refractivity contribution in [2.45, 2.75) is 5.92 Å². The van der Waals surface area contributed by atoms with Crippen LogP contribution in [0, 0.1) is 5.82 Å². The number of halogens is 2. The first-order valence-corrected chi connectivity index (χ1v) is 8.54. The highest BCUT2D eigenvalue weighted by Crippen LogP contribution is 2.44. The molecule has 4 rings (SSSR count). The molecule has 0 aromatic heterocycles. The number of ether oxygens (including phenoxy) is 1. The fourth-order valence-electron chi connectivity index (χ4n) is 2.99. The van der Waals surface area contributed by atoms with Gasteiger partial charge in [-0.15, -0.1) is 0 Å². The van der Waals surface area contributed by atoms with Gasteiger partial charge in [-0.2, -0.15) is 0 Å². The summed E-state index contributed by atoms with van der Waals surface area (Å²) in [6.07, 6.45) is 0. The Balaban J connectivity index is 1.75. The van der Waals surface area contributed by atoms with Crippen molar-refractivity contribution in [2.75, 3.05) is 5.32 Å². The minimum atomic E-state index is -0.566. The van der Waals surface area contributed by atoms with Crippen LogP contribution in [0.3, 0.4) is 0 Å². The quantitative estimate of drug-likeness (QED) is 0.622. The fourth-order valence-corrected chi connectivity index (χ4v) is 3.32. The standard InChI is InChI=1S/C20H13BrFNO2/c21-12-9-10-16(15(22)11-12)23-20(24)19-13-5-1-3-7-17(13)25-18-8-4-2-6-14(18)19/h1-11,19H,(H,23,24). The number of carbonyl (C=O) groups excluding carboxylic acids is 1. The van der Waals surface area contributed by atoms with E-state index in [1.165, 1.54) is 12.1 Å². The molecule has 0 saturated heterocycles. The van der Waals surface area contributed by atoms with Crippen LogP contribution in [0.2, 0.25) is 0 Å². The number of para-hydroxylation sites is 2. The van der Waals surface area contributed by atoms with E-state index in [1.807, 2.05) is 48.5 Å². The van der Waals surface area contributed by atoms with Crippen LogP contribution >= 0.6 is 15.9 Å². The van der Waals surface area contributed by atoms with E-state index in [2.05, 4.69) is 21.2 Å². The van der Waals surface area contributed by atoms with Gasteiger partial charge in [0.15, 0.2) is 0 Å². The van der Waals surface area contributed by atoms with Gasteiger partial charge >= 0.3 is 0 Å². The summed E-state index contributed by atoms with van der Waals surface area (Å²) >= 11 is 3.21. The van der Waals surface area contributed by atoms with Crippen molar-refractivity contribution < 1.29 is 13.9 Å². The van der Waals surface area contributed by atoms with E-state index in [4.69, 9.17) is 4.74 Å². The molecule has 3 nitrogen and oxygen atoms in total. The summed E-state index contributed by atoms with van der Waals surface area (Å²) in [6, 6.07) is 19.3. The molecule has 124 valence electrons. The number of amides is 1. The smallest absolute Gasteiger partial charge is 0.236 e. The number of fused-ring (bicyclic) bond motifs is 2. The van der Waals surface area contributed by atoms with Crippen molar-refractivity contribution in [2.24, 2.45) is 0 Å². The maximum atomic E-state index is 14.1. The molecule has 1 amide bonds. The van der Waals surface area contributed by atoms with Crippen LogP contribution in [0.5, 0.6) is 11.5 Å². The van der Waals surface area contributed by atoms with Crippen molar-refractivity contribution >= 4 is 27.5 Å². The molecule has 1 heterocycles. The zero-order valence-electron chi connectivity index (χ0n) is 13.0. The molecular weight excluding hydrogens is 385 g/mol. The lowest BCUT2D eigenvalue weighted by molar-refractivity contribution is -0.116. The number of hydrogen-bond acceptors (Lipinski definition) is 2. The van der Waals surface area contributed by atoms with E-state index in [9.17, 15) is 9.18 Å². The zero-order chi connectivity index (χ0) is 17.4. The van der Waals surface area contributed by atoms with Gasteiger partial charge in [0.05, 0.1) is 11.6 Å². The van der Waals surface area contributed by atoms with Crippen LogP contribution in [-0.4, -0.2) is 5.91 Å². The van der Waals surface area contributed by atoms with E-state index in [0.29, 0.717) is 16.0 Å². The molecule has 1 aliphatic rings. The highest BCUT2D eigenvalue weighted by atomic mass is 79.9. The number of nitrogens with one attached hydrogen (secondary N) is 1. The van der Waals surface area contributed by atoms with Crippen molar-refractivity contribution in [3.05, 3.63) is 88.1 Å². The maximum Gasteiger partial charge on any atom is 0.236 e. The van der Waals surface area contributed by atoms with Crippen LogP contribution in [0.1, 0.15) is 17.0 Å². The Morgan fingerprint density at radius 2 is 1.56 bits per heavy atom. The van der Waals surface area contributed by atoms with Gasteiger partial charge in [-0.05, 0) is 30.3 Å². The highest BCUT2D eigenvalue weighted by Gasteiger charge is 2.32. The van der Waals surface area contributed by atoms with Gasteiger partial charge in [-0.25, -0.2) is 4.39 Å². The first-order chi connectivity index (χ1) is 12.1. The van der Waals surface area contributed by atoms with Crippen LogP contribution in [0.15, 0.2) is 71.2 Å². The van der Waals surface area contributed by atoms with E-state index in [0.717, 1.165) is 11.1 Å². The number of hydrogen-bond donors (Lipinski definition) is 1. The lowest BCUT2D eigenvalue weighted by Crippen LogP contribution is -2.25. The van der Waals surface area contributed by atoms with Crippen molar-refractivity contribution in [3.63, 3.8) is 0 Å². The summed E-state index contributed by atoms with van der Waals surface area (Å²) in [4.78, 5) is 13.0. The molecule has 0 fully saturated rings. The molecule has 0 atom stereocenters. The Hall–Kier alpha value is -2.66. The van der Waals surface area contributed by atoms with Gasteiger partial charge in [-0.1, -0.05) is 52.3 Å². The lowest BCUT2D eigenvalue weighted by atomic mass is 9.87. The summed E-state index contributed by atoms with van der Waals surface area (Å²) in [5.41, 5.74) is 1.67. The van der Waals surface area contributed by atoms with E-state index in [-0.39, 0.29) is 11.6 Å². The van der Waals surface area contributed by atoms with Crippen molar-refractivity contribution in [1.82, 2.24) is 0 Å². The number of anilines is 1. The van der Waals surface area contributed by atoms with Crippen LogP contribution in [0.25, 0.3) is 0 Å². The molecule has 5 heteroatoms. The normalized spacial score (nSPS) is 12.7. The predicted molar refractivity (Wildman–Crippen MR) is 97.5 cm³/mol. The molecule has 25 heavy (non-hydrogen) atoms. The first kappa shape index (κ1) is 15.8. The minimum Gasteiger partial charge on any atom is -0.457 e. The highest BCUT2D eigenvalue weighted by molar-refractivity contribution is 9.10. The molecular formula is C20H13BrFNO2. The SMILES string of the molecule is O=C(Nc1ccc(Br)cc1F)C1c2ccccc2Oc2ccccc21. The van der Waals surface area contributed by atoms with Gasteiger partial charge in [0.2, 0.25) is 5.91 Å². The third-order valence-electron chi connectivity index (χ3n) is 4.13. The second-order valence-electron chi connectivity index (χ2n) is 5.72. The summed E-state index contributed by atoms with van der Waals surface area (Å²) < 4.78 is 20.6. The molecule has 1 N–H and O–H groups in total. The Kier molecular flexibility index (Phi) is 4.01.